The quantitative estimate of drug-likeness (QED) is 0.597. The third-order valence-corrected chi connectivity index (χ3v) is 5.01. The summed E-state index contributed by atoms with van der Waals surface area (Å²) in [7, 11) is 0. The zero-order valence-electron chi connectivity index (χ0n) is 16.6. The molecule has 7 heteroatoms. The second-order valence-electron chi connectivity index (χ2n) is 6.59. The van der Waals surface area contributed by atoms with E-state index in [2.05, 4.69) is 0 Å². The molecule has 0 spiro atoms. The summed E-state index contributed by atoms with van der Waals surface area (Å²) in [5.41, 5.74) is 8.45. The minimum absolute atomic E-state index is 0.151. The highest BCUT2D eigenvalue weighted by Gasteiger charge is 2.34. The van der Waals surface area contributed by atoms with Gasteiger partial charge < -0.3 is 15.0 Å². The fraction of sp³-hybridized carbons (Fsp3) is 0.174. The van der Waals surface area contributed by atoms with Crippen LogP contribution in [0.25, 0.3) is 16.9 Å². The molecule has 1 atom stereocenters. The van der Waals surface area contributed by atoms with Crippen LogP contribution in [0.15, 0.2) is 54.6 Å². The SMILES string of the molecule is CCOC(=O)c1c(C(C#N)C(N)=O)c(-c2ccccc2)n(-c2ccc(Cl)cc2)c1C. The summed E-state index contributed by atoms with van der Waals surface area (Å²) in [6.45, 7) is 3.58. The number of amides is 1. The predicted octanol–water partition coefficient (Wildman–Crippen LogP) is 4.38. The van der Waals surface area contributed by atoms with Crippen LogP contribution in [-0.2, 0) is 9.53 Å². The fourth-order valence-electron chi connectivity index (χ4n) is 3.52. The number of nitrogens with zero attached hydrogens (tertiary/aromatic N) is 2. The lowest BCUT2D eigenvalue weighted by atomic mass is 9.92. The maximum Gasteiger partial charge on any atom is 0.340 e. The molecule has 1 unspecified atom stereocenters. The van der Waals surface area contributed by atoms with Crippen LogP contribution in [-0.4, -0.2) is 23.1 Å². The summed E-state index contributed by atoms with van der Waals surface area (Å²) >= 11 is 6.05. The van der Waals surface area contributed by atoms with E-state index in [9.17, 15) is 14.9 Å². The Morgan fingerprint density at radius 1 is 1.17 bits per heavy atom. The van der Waals surface area contributed by atoms with Crippen LogP contribution in [0.1, 0.15) is 34.5 Å². The van der Waals surface area contributed by atoms with Crippen LogP contribution in [0.2, 0.25) is 5.02 Å². The van der Waals surface area contributed by atoms with Crippen LogP contribution in [0.5, 0.6) is 0 Å². The minimum atomic E-state index is -1.33. The number of ether oxygens (including phenoxy) is 1. The fourth-order valence-corrected chi connectivity index (χ4v) is 3.65. The smallest absolute Gasteiger partial charge is 0.340 e. The van der Waals surface area contributed by atoms with Crippen molar-refractivity contribution in [2.24, 2.45) is 5.73 Å². The van der Waals surface area contributed by atoms with E-state index < -0.39 is 17.8 Å². The van der Waals surface area contributed by atoms with Gasteiger partial charge in [-0.05, 0) is 43.7 Å². The summed E-state index contributed by atoms with van der Waals surface area (Å²) in [6, 6.07) is 18.2. The molecule has 2 N–H and O–H groups in total. The van der Waals surface area contributed by atoms with Gasteiger partial charge in [-0.15, -0.1) is 0 Å². The highest BCUT2D eigenvalue weighted by molar-refractivity contribution is 6.30. The predicted molar refractivity (Wildman–Crippen MR) is 114 cm³/mol. The molecule has 3 rings (SSSR count). The Kier molecular flexibility index (Phi) is 6.24. The monoisotopic (exact) mass is 421 g/mol. The number of primary amides is 1. The minimum Gasteiger partial charge on any atom is -0.462 e. The number of nitrogens with two attached hydrogens (primary N) is 1. The maximum atomic E-state index is 12.9. The number of nitriles is 1. The molecule has 30 heavy (non-hydrogen) atoms. The Morgan fingerprint density at radius 3 is 2.33 bits per heavy atom. The van der Waals surface area contributed by atoms with E-state index in [0.29, 0.717) is 22.1 Å². The lowest BCUT2D eigenvalue weighted by molar-refractivity contribution is -0.118. The Balaban J connectivity index is 2.48. The third kappa shape index (κ3) is 3.80. The van der Waals surface area contributed by atoms with Gasteiger partial charge in [-0.3, -0.25) is 4.79 Å². The average Bonchev–Trinajstić information content (AvgIpc) is 3.02. The van der Waals surface area contributed by atoms with Gasteiger partial charge >= 0.3 is 5.97 Å². The summed E-state index contributed by atoms with van der Waals surface area (Å²) in [6.07, 6.45) is 0. The topological polar surface area (TPSA) is 98.1 Å². The Hall–Kier alpha value is -3.56. The number of esters is 1. The Labute approximate surface area is 179 Å². The van der Waals surface area contributed by atoms with E-state index in [1.165, 1.54) is 0 Å². The number of carbonyl (C=O) groups excluding carboxylic acids is 2. The van der Waals surface area contributed by atoms with Gasteiger partial charge in [0.15, 0.2) is 5.92 Å². The van der Waals surface area contributed by atoms with Gasteiger partial charge in [-0.25, -0.2) is 4.79 Å². The molecule has 0 aliphatic heterocycles. The van der Waals surface area contributed by atoms with E-state index in [1.807, 2.05) is 41.0 Å². The van der Waals surface area contributed by atoms with Crippen LogP contribution < -0.4 is 5.73 Å². The molecule has 0 fully saturated rings. The molecular formula is C23H20ClN3O3. The van der Waals surface area contributed by atoms with Crippen LogP contribution in [0, 0.1) is 18.3 Å². The molecule has 3 aromatic rings. The van der Waals surface area contributed by atoms with Gasteiger partial charge in [0.25, 0.3) is 0 Å². The second-order valence-corrected chi connectivity index (χ2v) is 7.02. The Bertz CT molecular complexity index is 1130. The van der Waals surface area contributed by atoms with Gasteiger partial charge in [0.2, 0.25) is 5.91 Å². The molecule has 0 saturated carbocycles. The number of halogens is 1. The van der Waals surface area contributed by atoms with Gasteiger partial charge in [0, 0.05) is 22.0 Å². The molecule has 0 radical (unpaired) electrons. The number of aromatic nitrogens is 1. The second kappa shape index (κ2) is 8.85. The molecule has 1 aromatic heterocycles. The molecule has 0 saturated heterocycles. The third-order valence-electron chi connectivity index (χ3n) is 4.76. The van der Waals surface area contributed by atoms with Crippen molar-refractivity contribution in [3.05, 3.63) is 76.4 Å². The normalized spacial score (nSPS) is 11.5. The lowest BCUT2D eigenvalue weighted by Gasteiger charge is -2.15. The van der Waals surface area contributed by atoms with E-state index in [0.717, 1.165) is 5.56 Å². The first-order valence-electron chi connectivity index (χ1n) is 9.33. The van der Waals surface area contributed by atoms with E-state index in [4.69, 9.17) is 22.1 Å². The van der Waals surface area contributed by atoms with Crippen molar-refractivity contribution in [2.75, 3.05) is 6.61 Å². The molecule has 6 nitrogen and oxygen atoms in total. The molecule has 0 bridgehead atoms. The Morgan fingerprint density at radius 2 is 1.80 bits per heavy atom. The van der Waals surface area contributed by atoms with Crippen LogP contribution >= 0.6 is 11.6 Å². The first kappa shape index (κ1) is 21.2. The van der Waals surface area contributed by atoms with Crippen LogP contribution in [0.4, 0.5) is 0 Å². The van der Waals surface area contributed by atoms with Crippen molar-refractivity contribution in [3.63, 3.8) is 0 Å². The molecule has 1 amide bonds. The number of benzene rings is 2. The van der Waals surface area contributed by atoms with Crippen molar-refractivity contribution in [1.82, 2.24) is 4.57 Å². The van der Waals surface area contributed by atoms with Crippen molar-refractivity contribution in [3.8, 4) is 23.0 Å². The highest BCUT2D eigenvalue weighted by Crippen LogP contribution is 2.39. The summed E-state index contributed by atoms with van der Waals surface area (Å²) < 4.78 is 7.07. The highest BCUT2D eigenvalue weighted by atomic mass is 35.5. The number of rotatable bonds is 6. The van der Waals surface area contributed by atoms with Gasteiger partial charge in [-0.1, -0.05) is 41.9 Å². The van der Waals surface area contributed by atoms with E-state index in [1.54, 1.807) is 38.1 Å². The molecule has 152 valence electrons. The molecule has 2 aromatic carbocycles. The van der Waals surface area contributed by atoms with Crippen molar-refractivity contribution < 1.29 is 14.3 Å². The molecular weight excluding hydrogens is 402 g/mol. The summed E-state index contributed by atoms with van der Waals surface area (Å²) in [5.74, 6) is -2.78. The van der Waals surface area contributed by atoms with Crippen molar-refractivity contribution in [2.45, 2.75) is 19.8 Å². The standard InChI is InChI=1S/C23H20ClN3O3/c1-3-30-23(29)19-14(2)27(17-11-9-16(24)10-12-17)21(15-7-5-4-6-8-15)20(19)18(13-25)22(26)28/h4-12,18H,3H2,1-2H3,(H2,26,28). The van der Waals surface area contributed by atoms with Crippen molar-refractivity contribution in [1.29, 1.82) is 5.26 Å². The molecule has 0 aliphatic carbocycles. The zero-order chi connectivity index (χ0) is 21.8. The largest absolute Gasteiger partial charge is 0.462 e. The number of hydrogen-bond donors (Lipinski definition) is 1. The number of hydrogen-bond acceptors (Lipinski definition) is 4. The van der Waals surface area contributed by atoms with Gasteiger partial charge in [0.1, 0.15) is 0 Å². The van der Waals surface area contributed by atoms with E-state index in [-0.39, 0.29) is 17.7 Å². The van der Waals surface area contributed by atoms with Crippen LogP contribution in [0.3, 0.4) is 0 Å². The lowest BCUT2D eigenvalue weighted by Crippen LogP contribution is -2.22. The first-order valence-corrected chi connectivity index (χ1v) is 9.71. The number of carbonyl (C=O) groups is 2. The summed E-state index contributed by atoms with van der Waals surface area (Å²) in [4.78, 5) is 25.1. The molecule has 0 aliphatic rings. The molecule has 1 heterocycles. The van der Waals surface area contributed by atoms with E-state index >= 15 is 0 Å². The first-order chi connectivity index (χ1) is 14.4. The van der Waals surface area contributed by atoms with Gasteiger partial charge in [0.05, 0.1) is 23.9 Å². The van der Waals surface area contributed by atoms with Crippen molar-refractivity contribution >= 4 is 23.5 Å². The summed E-state index contributed by atoms with van der Waals surface area (Å²) in [5, 5.41) is 10.3. The zero-order valence-corrected chi connectivity index (χ0v) is 17.3. The van der Waals surface area contributed by atoms with Gasteiger partial charge in [-0.2, -0.15) is 5.26 Å². The average molecular weight is 422 g/mol. The maximum absolute atomic E-state index is 12.9.